The molecule has 5 saturated carbocycles. The molecule has 2 spiro atoms. The number of aliphatic hydroxyl groups excluding tert-OH is 1. The minimum Gasteiger partial charge on any atom is -0.457 e. The van der Waals surface area contributed by atoms with Gasteiger partial charge in [-0.3, -0.25) is 14.6 Å². The van der Waals surface area contributed by atoms with Crippen molar-refractivity contribution in [2.45, 2.75) is 175 Å². The van der Waals surface area contributed by atoms with E-state index in [9.17, 15) is 15.0 Å². The summed E-state index contributed by atoms with van der Waals surface area (Å²) in [4.78, 5) is 17.3. The van der Waals surface area contributed by atoms with Gasteiger partial charge in [0.25, 0.3) is 0 Å². The number of likely N-dealkylation sites (tertiary alicyclic amines) is 1. The van der Waals surface area contributed by atoms with E-state index in [1.807, 2.05) is 0 Å². The molecule has 0 aromatic heterocycles. The molecule has 0 aromatic rings. The summed E-state index contributed by atoms with van der Waals surface area (Å²) in [5.74, 6) is 1.14. The normalized spacial score (nSPS) is 50.3. The van der Waals surface area contributed by atoms with Gasteiger partial charge in [0.2, 0.25) is 0 Å². The standard InChI is InChI=1S/C42H70N2O7/c1-24(2)44-20-27(21-44)43-17-18-48-32(22-43)51-31-13-14-41-23-42(41)16-15-39(9)33-25(3)19-28(36(38(7,8)47)49-26(4)45)50-34(33)35(46)40(39,10)30(42)12-11-29(41)37(31,5)6/h24-25,27-36,46-47H,11-23H2,1-10H3/t25-,28-,29+,30+,31+,32+,33+,34+,35+,36+,39-,40-,41?,42+/m1/s1. The van der Waals surface area contributed by atoms with Gasteiger partial charge >= 0.3 is 5.97 Å². The van der Waals surface area contributed by atoms with Crippen LogP contribution in [0.2, 0.25) is 0 Å². The fourth-order valence-corrected chi connectivity index (χ4v) is 15.0. The van der Waals surface area contributed by atoms with Crippen LogP contribution in [-0.4, -0.2) is 113 Å². The first-order chi connectivity index (χ1) is 23.8. The Morgan fingerprint density at radius 1 is 0.980 bits per heavy atom. The van der Waals surface area contributed by atoms with Crippen molar-refractivity contribution < 1.29 is 34.0 Å². The van der Waals surface area contributed by atoms with Gasteiger partial charge in [-0.2, -0.15) is 0 Å². The lowest BCUT2D eigenvalue weighted by molar-refractivity contribution is -0.253. The van der Waals surface area contributed by atoms with Crippen LogP contribution < -0.4 is 0 Å². The molecule has 0 aromatic carbocycles. The van der Waals surface area contributed by atoms with E-state index in [0.717, 1.165) is 52.0 Å². The second-order valence-electron chi connectivity index (χ2n) is 20.9. The van der Waals surface area contributed by atoms with Crippen LogP contribution in [0.3, 0.4) is 0 Å². The number of ether oxygens (including phenoxy) is 4. The Kier molecular flexibility index (Phi) is 8.80. The molecule has 14 atom stereocenters. The molecule has 0 radical (unpaired) electrons. The van der Waals surface area contributed by atoms with Gasteiger partial charge in [0.1, 0.15) is 0 Å². The van der Waals surface area contributed by atoms with E-state index in [2.05, 4.69) is 58.3 Å². The maximum Gasteiger partial charge on any atom is 0.303 e. The van der Waals surface area contributed by atoms with Crippen LogP contribution in [0.15, 0.2) is 0 Å². The first-order valence-corrected chi connectivity index (χ1v) is 20.8. The lowest BCUT2D eigenvalue weighted by Gasteiger charge is -2.64. The van der Waals surface area contributed by atoms with Crippen molar-refractivity contribution >= 4 is 5.97 Å². The zero-order chi connectivity index (χ0) is 36.7. The molecule has 8 aliphatic rings. The highest BCUT2D eigenvalue weighted by Crippen LogP contribution is 2.89. The van der Waals surface area contributed by atoms with Crippen molar-refractivity contribution in [3.05, 3.63) is 0 Å². The van der Waals surface area contributed by atoms with Gasteiger partial charge in [0, 0.05) is 50.6 Å². The monoisotopic (exact) mass is 715 g/mol. The fraction of sp³-hybridized carbons (Fsp3) is 0.976. The molecule has 9 nitrogen and oxygen atoms in total. The average molecular weight is 715 g/mol. The molecule has 9 heteroatoms. The number of rotatable bonds is 7. The minimum atomic E-state index is -1.25. The Morgan fingerprint density at radius 2 is 1.67 bits per heavy atom. The number of carbonyl (C=O) groups is 1. The van der Waals surface area contributed by atoms with Gasteiger partial charge in [-0.15, -0.1) is 0 Å². The molecular weight excluding hydrogens is 644 g/mol. The number of carbonyl (C=O) groups excluding carboxylic acids is 1. The summed E-state index contributed by atoms with van der Waals surface area (Å²) in [6.07, 6.45) is 6.85. The summed E-state index contributed by atoms with van der Waals surface area (Å²) in [7, 11) is 0. The summed E-state index contributed by atoms with van der Waals surface area (Å²) < 4.78 is 25.9. The second-order valence-corrected chi connectivity index (χ2v) is 20.9. The van der Waals surface area contributed by atoms with Crippen LogP contribution in [0.4, 0.5) is 0 Å². The largest absolute Gasteiger partial charge is 0.457 e. The summed E-state index contributed by atoms with van der Waals surface area (Å²) in [5, 5.41) is 23.7. The number of aliphatic hydroxyl groups is 2. The van der Waals surface area contributed by atoms with Crippen molar-refractivity contribution in [2.75, 3.05) is 32.8 Å². The van der Waals surface area contributed by atoms with Crippen molar-refractivity contribution in [3.8, 4) is 0 Å². The number of esters is 1. The molecule has 51 heavy (non-hydrogen) atoms. The molecular formula is C42H70N2O7. The van der Waals surface area contributed by atoms with Crippen LogP contribution in [0.1, 0.15) is 121 Å². The lowest BCUT2D eigenvalue weighted by Crippen LogP contribution is -2.64. The van der Waals surface area contributed by atoms with Gasteiger partial charge in [-0.1, -0.05) is 34.6 Å². The molecule has 0 amide bonds. The van der Waals surface area contributed by atoms with E-state index in [0.29, 0.717) is 35.8 Å². The van der Waals surface area contributed by atoms with E-state index >= 15 is 0 Å². The van der Waals surface area contributed by atoms with Crippen LogP contribution in [0.25, 0.3) is 0 Å². The summed E-state index contributed by atoms with van der Waals surface area (Å²) >= 11 is 0. The minimum absolute atomic E-state index is 0.0493. The Hall–Kier alpha value is -0.810. The van der Waals surface area contributed by atoms with Gasteiger partial charge in [-0.05, 0) is 124 Å². The Balaban J connectivity index is 0.993. The number of hydrogen-bond acceptors (Lipinski definition) is 9. The molecule has 3 aliphatic heterocycles. The van der Waals surface area contributed by atoms with Gasteiger partial charge < -0.3 is 29.2 Å². The first kappa shape index (κ1) is 37.1. The van der Waals surface area contributed by atoms with Crippen molar-refractivity contribution in [2.24, 2.45) is 50.7 Å². The van der Waals surface area contributed by atoms with Gasteiger partial charge in [0.15, 0.2) is 12.4 Å². The highest BCUT2D eigenvalue weighted by Gasteiger charge is 2.84. The van der Waals surface area contributed by atoms with E-state index in [1.54, 1.807) is 13.8 Å². The molecule has 0 bridgehead atoms. The van der Waals surface area contributed by atoms with Crippen LogP contribution in [-0.2, 0) is 23.7 Å². The highest BCUT2D eigenvalue weighted by molar-refractivity contribution is 5.66. The lowest BCUT2D eigenvalue weighted by atomic mass is 9.41. The fourth-order valence-electron chi connectivity index (χ4n) is 15.0. The van der Waals surface area contributed by atoms with Crippen molar-refractivity contribution in [1.82, 2.24) is 9.80 Å². The summed E-state index contributed by atoms with van der Waals surface area (Å²) in [5.41, 5.74) is -0.930. The first-order valence-electron chi connectivity index (χ1n) is 20.8. The molecule has 3 saturated heterocycles. The Bertz CT molecular complexity index is 1360. The zero-order valence-corrected chi connectivity index (χ0v) is 33.5. The average Bonchev–Trinajstić information content (AvgIpc) is 3.64. The molecule has 290 valence electrons. The number of nitrogens with zero attached hydrogens (tertiary/aromatic N) is 2. The molecule has 8 fully saturated rings. The maximum absolute atomic E-state index is 12.6. The highest BCUT2D eigenvalue weighted by atomic mass is 16.7. The zero-order valence-electron chi connectivity index (χ0n) is 33.5. The van der Waals surface area contributed by atoms with Crippen molar-refractivity contribution in [3.63, 3.8) is 0 Å². The smallest absolute Gasteiger partial charge is 0.303 e. The van der Waals surface area contributed by atoms with Gasteiger partial charge in [-0.25, -0.2) is 0 Å². The SMILES string of the molecule is CC(=O)O[C@@H]([C@H]1C[C@@H](C)[C@H]2[C@H](O1)[C@H](O)[C@@]1(C)[C@@H]3CC[C@H]4C(C)(C)[C@@H](O[C@H]5CN(C6CN(C(C)C)C6)CCO5)CCC45C[C@@]35CC[C@]21C)C(C)(C)O. The number of hydrogen-bond donors (Lipinski definition) is 2. The predicted octanol–water partition coefficient (Wildman–Crippen LogP) is 5.64. The molecule has 5 aliphatic carbocycles. The molecule has 8 rings (SSSR count). The summed E-state index contributed by atoms with van der Waals surface area (Å²) in [6.45, 7) is 26.5. The number of morpholine rings is 1. The summed E-state index contributed by atoms with van der Waals surface area (Å²) in [6, 6.07) is 1.23. The Labute approximate surface area is 307 Å². The van der Waals surface area contributed by atoms with E-state index in [1.165, 1.54) is 32.6 Å². The van der Waals surface area contributed by atoms with E-state index < -0.39 is 29.9 Å². The molecule has 2 N–H and O–H groups in total. The van der Waals surface area contributed by atoms with Crippen LogP contribution in [0.5, 0.6) is 0 Å². The van der Waals surface area contributed by atoms with Crippen LogP contribution >= 0.6 is 0 Å². The maximum atomic E-state index is 12.6. The quantitative estimate of drug-likeness (QED) is 0.325. The van der Waals surface area contributed by atoms with E-state index in [4.69, 9.17) is 18.9 Å². The second kappa shape index (κ2) is 12.1. The van der Waals surface area contributed by atoms with Gasteiger partial charge in [0.05, 0.1) is 36.6 Å². The third kappa shape index (κ3) is 5.20. The van der Waals surface area contributed by atoms with E-state index in [-0.39, 0.29) is 52.0 Å². The predicted molar refractivity (Wildman–Crippen MR) is 195 cm³/mol. The molecule has 1 unspecified atom stereocenters. The number of fused-ring (bicyclic) bond motifs is 4. The van der Waals surface area contributed by atoms with Crippen molar-refractivity contribution in [1.29, 1.82) is 0 Å². The Morgan fingerprint density at radius 3 is 2.33 bits per heavy atom. The topological polar surface area (TPSA) is 101 Å². The van der Waals surface area contributed by atoms with Crippen LogP contribution in [0, 0.1) is 50.7 Å². The molecule has 3 heterocycles. The third-order valence-corrected chi connectivity index (χ3v) is 17.6. The third-order valence-electron chi connectivity index (χ3n) is 17.6.